The van der Waals surface area contributed by atoms with Gasteiger partial charge in [-0.3, -0.25) is 4.79 Å². The third-order valence-electron chi connectivity index (χ3n) is 4.90. The Labute approximate surface area is 169 Å². The number of benzene rings is 2. The van der Waals surface area contributed by atoms with Gasteiger partial charge in [0, 0.05) is 31.5 Å². The number of hydrogen-bond acceptors (Lipinski definition) is 6. The molecule has 2 heterocycles. The molecule has 1 aliphatic heterocycles. The molecular weight excluding hydrogens is 370 g/mol. The summed E-state index contributed by atoms with van der Waals surface area (Å²) in [6.07, 6.45) is 3.16. The summed E-state index contributed by atoms with van der Waals surface area (Å²) in [5.74, 6) is 1.55. The van der Waals surface area contributed by atoms with Gasteiger partial charge in [0.25, 0.3) is 5.91 Å². The van der Waals surface area contributed by atoms with Crippen molar-refractivity contribution in [2.75, 3.05) is 19.7 Å². The molecule has 8 heteroatoms. The first-order valence-electron chi connectivity index (χ1n) is 9.76. The molecule has 0 aliphatic carbocycles. The number of aromatic nitrogens is 4. The third-order valence-corrected chi connectivity index (χ3v) is 4.90. The molecule has 0 atom stereocenters. The molecule has 4 rings (SSSR count). The van der Waals surface area contributed by atoms with Gasteiger partial charge in [-0.05, 0) is 53.7 Å². The summed E-state index contributed by atoms with van der Waals surface area (Å²) in [6.45, 7) is 3.87. The van der Waals surface area contributed by atoms with Crippen molar-refractivity contribution in [3.05, 3.63) is 60.4 Å². The van der Waals surface area contributed by atoms with Crippen molar-refractivity contribution in [1.29, 1.82) is 0 Å². The zero-order chi connectivity index (χ0) is 20.1. The Morgan fingerprint density at radius 3 is 2.45 bits per heavy atom. The molecule has 150 valence electrons. The molecule has 1 aliphatic rings. The van der Waals surface area contributed by atoms with Crippen LogP contribution in [0.5, 0.6) is 11.5 Å². The maximum Gasteiger partial charge on any atom is 0.253 e. The number of para-hydroxylation sites is 2. The van der Waals surface area contributed by atoms with Crippen LogP contribution in [0.2, 0.25) is 0 Å². The van der Waals surface area contributed by atoms with Crippen molar-refractivity contribution in [2.24, 2.45) is 0 Å². The van der Waals surface area contributed by atoms with Crippen LogP contribution < -0.4 is 9.47 Å². The first kappa shape index (κ1) is 18.9. The minimum absolute atomic E-state index is 0.0291. The van der Waals surface area contributed by atoms with E-state index in [4.69, 9.17) is 9.47 Å². The van der Waals surface area contributed by atoms with Crippen molar-refractivity contribution in [2.45, 2.75) is 25.9 Å². The minimum Gasteiger partial charge on any atom is -0.490 e. The number of hydrogen-bond donors (Lipinski definition) is 0. The van der Waals surface area contributed by atoms with Gasteiger partial charge in [0.05, 0.1) is 12.3 Å². The first-order chi connectivity index (χ1) is 14.2. The second kappa shape index (κ2) is 8.72. The van der Waals surface area contributed by atoms with Crippen molar-refractivity contribution in [1.82, 2.24) is 25.1 Å². The van der Waals surface area contributed by atoms with E-state index in [1.807, 2.05) is 48.2 Å². The summed E-state index contributed by atoms with van der Waals surface area (Å²) in [4.78, 5) is 14.7. The SMILES string of the molecule is CCOc1ccccc1OC1CCN(C(=O)c2ccc(-n3cnnn3)cc2)CC1. The van der Waals surface area contributed by atoms with E-state index >= 15 is 0 Å². The third kappa shape index (κ3) is 4.37. The molecule has 1 aromatic heterocycles. The zero-order valence-corrected chi connectivity index (χ0v) is 16.3. The van der Waals surface area contributed by atoms with Crippen molar-refractivity contribution < 1.29 is 14.3 Å². The summed E-state index contributed by atoms with van der Waals surface area (Å²) in [6, 6.07) is 15.0. The topological polar surface area (TPSA) is 82.4 Å². The van der Waals surface area contributed by atoms with Crippen LogP contribution in [0.4, 0.5) is 0 Å². The lowest BCUT2D eigenvalue weighted by Gasteiger charge is -2.32. The summed E-state index contributed by atoms with van der Waals surface area (Å²) in [5.41, 5.74) is 1.47. The molecular formula is C21H23N5O3. The van der Waals surface area contributed by atoms with Gasteiger partial charge < -0.3 is 14.4 Å². The van der Waals surface area contributed by atoms with E-state index < -0.39 is 0 Å². The van der Waals surface area contributed by atoms with E-state index in [1.165, 1.54) is 6.33 Å². The number of ether oxygens (including phenoxy) is 2. The van der Waals surface area contributed by atoms with Gasteiger partial charge in [-0.1, -0.05) is 12.1 Å². The Hall–Kier alpha value is -3.42. The summed E-state index contributed by atoms with van der Waals surface area (Å²) in [7, 11) is 0. The Kier molecular flexibility index (Phi) is 5.69. The molecule has 0 radical (unpaired) electrons. The van der Waals surface area contributed by atoms with Crippen LogP contribution in [0.15, 0.2) is 54.9 Å². The molecule has 0 saturated carbocycles. The molecule has 1 amide bonds. The number of carbonyl (C=O) groups is 1. The van der Waals surface area contributed by atoms with Gasteiger partial charge in [-0.15, -0.1) is 5.10 Å². The average Bonchev–Trinajstić information content (AvgIpc) is 3.30. The molecule has 2 aromatic carbocycles. The normalized spacial score (nSPS) is 14.6. The number of amides is 1. The first-order valence-corrected chi connectivity index (χ1v) is 9.76. The average molecular weight is 393 g/mol. The number of nitrogens with zero attached hydrogens (tertiary/aromatic N) is 5. The molecule has 0 unspecified atom stereocenters. The molecule has 1 saturated heterocycles. The van der Waals surface area contributed by atoms with Crippen LogP contribution in [0.1, 0.15) is 30.1 Å². The molecule has 1 fully saturated rings. The number of tetrazole rings is 1. The Balaban J connectivity index is 1.34. The number of carbonyl (C=O) groups excluding carboxylic acids is 1. The lowest BCUT2D eigenvalue weighted by Crippen LogP contribution is -2.41. The van der Waals surface area contributed by atoms with E-state index in [0.717, 1.165) is 30.0 Å². The summed E-state index contributed by atoms with van der Waals surface area (Å²) < 4.78 is 13.3. The highest BCUT2D eigenvalue weighted by Gasteiger charge is 2.25. The van der Waals surface area contributed by atoms with Crippen LogP contribution in [0.25, 0.3) is 5.69 Å². The monoisotopic (exact) mass is 393 g/mol. The maximum absolute atomic E-state index is 12.8. The van der Waals surface area contributed by atoms with Crippen molar-refractivity contribution in [3.63, 3.8) is 0 Å². The van der Waals surface area contributed by atoms with Gasteiger partial charge in [0.15, 0.2) is 11.5 Å². The van der Waals surface area contributed by atoms with Gasteiger partial charge in [-0.2, -0.15) is 0 Å². The van der Waals surface area contributed by atoms with E-state index in [9.17, 15) is 4.79 Å². The molecule has 29 heavy (non-hydrogen) atoms. The van der Waals surface area contributed by atoms with Crippen LogP contribution >= 0.6 is 0 Å². The number of rotatable bonds is 6. The quantitative estimate of drug-likeness (QED) is 0.640. The fourth-order valence-electron chi connectivity index (χ4n) is 3.40. The fourth-order valence-corrected chi connectivity index (χ4v) is 3.40. The van der Waals surface area contributed by atoms with E-state index in [0.29, 0.717) is 25.3 Å². The predicted octanol–water partition coefficient (Wildman–Crippen LogP) is 2.74. The highest BCUT2D eigenvalue weighted by atomic mass is 16.5. The molecule has 0 spiro atoms. The van der Waals surface area contributed by atoms with Crippen LogP contribution in [0, 0.1) is 0 Å². The molecule has 0 bridgehead atoms. The van der Waals surface area contributed by atoms with Crippen LogP contribution in [-0.4, -0.2) is 56.8 Å². The molecule has 8 nitrogen and oxygen atoms in total. The number of likely N-dealkylation sites (tertiary alicyclic amines) is 1. The standard InChI is InChI=1S/C21H23N5O3/c1-2-28-19-5-3-4-6-20(19)29-18-11-13-25(14-12-18)21(27)16-7-9-17(10-8-16)26-15-22-23-24-26/h3-10,15,18H,2,11-14H2,1H3. The van der Waals surface area contributed by atoms with Crippen LogP contribution in [-0.2, 0) is 0 Å². The Morgan fingerprint density at radius 2 is 1.79 bits per heavy atom. The maximum atomic E-state index is 12.8. The Morgan fingerprint density at radius 1 is 1.07 bits per heavy atom. The van der Waals surface area contributed by atoms with E-state index in [1.54, 1.807) is 16.8 Å². The predicted molar refractivity (Wildman–Crippen MR) is 106 cm³/mol. The van der Waals surface area contributed by atoms with Gasteiger partial charge >= 0.3 is 0 Å². The van der Waals surface area contributed by atoms with Gasteiger partial charge in [0.2, 0.25) is 0 Å². The summed E-state index contributed by atoms with van der Waals surface area (Å²) >= 11 is 0. The Bertz CT molecular complexity index is 935. The zero-order valence-electron chi connectivity index (χ0n) is 16.3. The van der Waals surface area contributed by atoms with E-state index in [2.05, 4.69) is 15.5 Å². The van der Waals surface area contributed by atoms with Crippen LogP contribution in [0.3, 0.4) is 0 Å². The fraction of sp³-hybridized carbons (Fsp3) is 0.333. The molecule has 0 N–H and O–H groups in total. The lowest BCUT2D eigenvalue weighted by atomic mass is 10.1. The lowest BCUT2D eigenvalue weighted by molar-refractivity contribution is 0.0589. The second-order valence-corrected chi connectivity index (χ2v) is 6.79. The molecule has 3 aromatic rings. The highest BCUT2D eigenvalue weighted by Crippen LogP contribution is 2.29. The summed E-state index contributed by atoms with van der Waals surface area (Å²) in [5, 5.41) is 11.1. The largest absolute Gasteiger partial charge is 0.490 e. The van der Waals surface area contributed by atoms with Crippen molar-refractivity contribution >= 4 is 5.91 Å². The highest BCUT2D eigenvalue weighted by molar-refractivity contribution is 5.94. The minimum atomic E-state index is 0.0291. The smallest absolute Gasteiger partial charge is 0.253 e. The van der Waals surface area contributed by atoms with Gasteiger partial charge in [0.1, 0.15) is 12.4 Å². The van der Waals surface area contributed by atoms with E-state index in [-0.39, 0.29) is 12.0 Å². The van der Waals surface area contributed by atoms with Crippen molar-refractivity contribution in [3.8, 4) is 17.2 Å². The second-order valence-electron chi connectivity index (χ2n) is 6.79. The van der Waals surface area contributed by atoms with Gasteiger partial charge in [-0.25, -0.2) is 4.68 Å². The number of piperidine rings is 1.